The van der Waals surface area contributed by atoms with Gasteiger partial charge in [0.2, 0.25) is 5.91 Å². The monoisotopic (exact) mass is 307 g/mol. The molecule has 1 heterocycles. The summed E-state index contributed by atoms with van der Waals surface area (Å²) >= 11 is 0. The number of nitrogens with zero attached hydrogens (tertiary/aromatic N) is 1. The lowest BCUT2D eigenvalue weighted by Crippen LogP contribution is -2.50. The first-order valence-corrected chi connectivity index (χ1v) is 7.18. The smallest absolute Gasteiger partial charge is 0.252 e. The molecule has 1 fully saturated rings. The molecule has 7 heteroatoms. The number of morpholine rings is 1. The van der Waals surface area contributed by atoms with E-state index in [4.69, 9.17) is 15.2 Å². The predicted molar refractivity (Wildman–Crippen MR) is 81.6 cm³/mol. The summed E-state index contributed by atoms with van der Waals surface area (Å²) < 4.78 is 10.5. The van der Waals surface area contributed by atoms with Crippen molar-refractivity contribution in [2.45, 2.75) is 12.5 Å². The number of carbonyl (C=O) groups excluding carboxylic acids is 2. The van der Waals surface area contributed by atoms with Gasteiger partial charge in [-0.1, -0.05) is 6.07 Å². The third-order valence-corrected chi connectivity index (χ3v) is 3.39. The minimum Gasteiger partial charge on any atom is -0.497 e. The number of methoxy groups -OCH3 is 1. The Morgan fingerprint density at radius 2 is 2.36 bits per heavy atom. The molecule has 22 heavy (non-hydrogen) atoms. The van der Waals surface area contributed by atoms with Crippen molar-refractivity contribution in [2.75, 3.05) is 38.7 Å². The highest BCUT2D eigenvalue weighted by Crippen LogP contribution is 2.18. The van der Waals surface area contributed by atoms with E-state index in [0.717, 1.165) is 0 Å². The van der Waals surface area contributed by atoms with Gasteiger partial charge in [-0.15, -0.1) is 0 Å². The Hall–Kier alpha value is -2.12. The lowest BCUT2D eigenvalue weighted by molar-refractivity contribution is -0.154. The number of nitrogens with two attached hydrogens (primary N) is 1. The lowest BCUT2D eigenvalue weighted by Gasteiger charge is -2.31. The first kappa shape index (κ1) is 16.3. The molecule has 3 N–H and O–H groups in total. The zero-order valence-electron chi connectivity index (χ0n) is 12.6. The molecule has 2 rings (SSSR count). The van der Waals surface area contributed by atoms with Crippen LogP contribution in [0.3, 0.4) is 0 Å². The summed E-state index contributed by atoms with van der Waals surface area (Å²) in [5.41, 5.74) is 6.09. The summed E-state index contributed by atoms with van der Waals surface area (Å²) in [4.78, 5) is 25.8. The summed E-state index contributed by atoms with van der Waals surface area (Å²) in [6, 6.07) is 7.03. The fourth-order valence-electron chi connectivity index (χ4n) is 2.30. The predicted octanol–water partition coefficient (Wildman–Crippen LogP) is 0.210. The number of nitrogens with one attached hydrogen (secondary N) is 1. The largest absolute Gasteiger partial charge is 0.497 e. The highest BCUT2D eigenvalue weighted by Gasteiger charge is 2.30. The summed E-state index contributed by atoms with van der Waals surface area (Å²) in [6.07, 6.45) is -0.761. The van der Waals surface area contributed by atoms with Crippen molar-refractivity contribution in [3.05, 3.63) is 24.3 Å². The summed E-state index contributed by atoms with van der Waals surface area (Å²) in [5, 5.41) is 2.74. The Morgan fingerprint density at radius 1 is 1.55 bits per heavy atom. The first-order chi connectivity index (χ1) is 10.6. The average molecular weight is 307 g/mol. The standard InChI is InChI=1S/C15H21N3O4/c1-21-12-4-2-3-11(9-12)17-14(19)10-13-15(20)18(6-5-16)7-8-22-13/h2-4,9,13H,5-8,10,16H2,1H3,(H,17,19)/t13-/m0/s1. The van der Waals surface area contributed by atoms with Crippen LogP contribution in [0.4, 0.5) is 5.69 Å². The van der Waals surface area contributed by atoms with Gasteiger partial charge in [0.25, 0.3) is 5.91 Å². The van der Waals surface area contributed by atoms with Gasteiger partial charge in [0, 0.05) is 31.4 Å². The highest BCUT2D eigenvalue weighted by molar-refractivity contribution is 5.95. The van der Waals surface area contributed by atoms with E-state index in [1.54, 1.807) is 36.3 Å². The second-order valence-electron chi connectivity index (χ2n) is 4.96. The van der Waals surface area contributed by atoms with E-state index in [1.807, 2.05) is 0 Å². The van der Waals surface area contributed by atoms with Gasteiger partial charge < -0.3 is 25.4 Å². The molecule has 120 valence electrons. The Kier molecular flexibility index (Phi) is 5.74. The molecule has 1 aromatic carbocycles. The van der Waals surface area contributed by atoms with Crippen LogP contribution >= 0.6 is 0 Å². The van der Waals surface area contributed by atoms with Gasteiger partial charge in [-0.05, 0) is 12.1 Å². The second kappa shape index (κ2) is 7.77. The van der Waals surface area contributed by atoms with Crippen LogP contribution in [0.1, 0.15) is 6.42 Å². The van der Waals surface area contributed by atoms with Gasteiger partial charge in [-0.3, -0.25) is 9.59 Å². The number of carbonyl (C=O) groups is 2. The Balaban J connectivity index is 1.92. The molecule has 0 saturated carbocycles. The van der Waals surface area contributed by atoms with Gasteiger partial charge in [-0.2, -0.15) is 0 Å². The van der Waals surface area contributed by atoms with Crippen molar-refractivity contribution < 1.29 is 19.1 Å². The van der Waals surface area contributed by atoms with E-state index in [0.29, 0.717) is 37.7 Å². The zero-order valence-corrected chi connectivity index (χ0v) is 12.6. The lowest BCUT2D eigenvalue weighted by atomic mass is 10.1. The molecule has 0 bridgehead atoms. The summed E-state index contributed by atoms with van der Waals surface area (Å²) in [6.45, 7) is 1.82. The number of benzene rings is 1. The second-order valence-corrected chi connectivity index (χ2v) is 4.96. The number of anilines is 1. The molecule has 2 amide bonds. The third-order valence-electron chi connectivity index (χ3n) is 3.39. The van der Waals surface area contributed by atoms with Crippen molar-refractivity contribution in [1.82, 2.24) is 4.90 Å². The number of hydrogen-bond donors (Lipinski definition) is 2. The molecular weight excluding hydrogens is 286 g/mol. The minimum absolute atomic E-state index is 0.0168. The molecule has 0 radical (unpaired) electrons. The Bertz CT molecular complexity index is 533. The molecule has 1 aliphatic rings. The molecule has 1 saturated heterocycles. The zero-order chi connectivity index (χ0) is 15.9. The number of amides is 2. The van der Waals surface area contributed by atoms with Crippen LogP contribution in [0, 0.1) is 0 Å². The fourth-order valence-corrected chi connectivity index (χ4v) is 2.30. The number of ether oxygens (including phenoxy) is 2. The van der Waals surface area contributed by atoms with Gasteiger partial charge in [0.15, 0.2) is 0 Å². The maximum Gasteiger partial charge on any atom is 0.252 e. The van der Waals surface area contributed by atoms with Crippen LogP contribution in [0.15, 0.2) is 24.3 Å². The van der Waals surface area contributed by atoms with Crippen molar-refractivity contribution in [3.63, 3.8) is 0 Å². The molecular formula is C15H21N3O4. The quantitative estimate of drug-likeness (QED) is 0.783. The highest BCUT2D eigenvalue weighted by atomic mass is 16.5. The number of hydrogen-bond acceptors (Lipinski definition) is 5. The van der Waals surface area contributed by atoms with E-state index in [1.165, 1.54) is 0 Å². The van der Waals surface area contributed by atoms with Crippen LogP contribution in [-0.4, -0.2) is 56.2 Å². The van der Waals surface area contributed by atoms with Crippen LogP contribution in [0.5, 0.6) is 5.75 Å². The van der Waals surface area contributed by atoms with E-state index < -0.39 is 6.10 Å². The van der Waals surface area contributed by atoms with Crippen LogP contribution in [0.2, 0.25) is 0 Å². The van der Waals surface area contributed by atoms with Crippen molar-refractivity contribution in [1.29, 1.82) is 0 Å². The van der Waals surface area contributed by atoms with Crippen molar-refractivity contribution >= 4 is 17.5 Å². The molecule has 0 aliphatic carbocycles. The average Bonchev–Trinajstić information content (AvgIpc) is 2.51. The normalized spacial score (nSPS) is 18.2. The summed E-state index contributed by atoms with van der Waals surface area (Å²) in [5.74, 6) is 0.190. The van der Waals surface area contributed by atoms with Crippen LogP contribution < -0.4 is 15.8 Å². The Labute approximate surface area is 129 Å². The minimum atomic E-state index is -0.745. The molecule has 1 aromatic rings. The van der Waals surface area contributed by atoms with Gasteiger partial charge in [-0.25, -0.2) is 0 Å². The maximum absolute atomic E-state index is 12.1. The van der Waals surface area contributed by atoms with Crippen molar-refractivity contribution in [2.24, 2.45) is 5.73 Å². The molecule has 7 nitrogen and oxygen atoms in total. The molecule has 1 aliphatic heterocycles. The molecule has 0 spiro atoms. The first-order valence-electron chi connectivity index (χ1n) is 7.18. The van der Waals surface area contributed by atoms with Gasteiger partial charge in [0.1, 0.15) is 11.9 Å². The van der Waals surface area contributed by atoms with E-state index in [-0.39, 0.29) is 18.2 Å². The fraction of sp³-hybridized carbons (Fsp3) is 0.467. The van der Waals surface area contributed by atoms with E-state index >= 15 is 0 Å². The Morgan fingerprint density at radius 3 is 3.09 bits per heavy atom. The topological polar surface area (TPSA) is 93.9 Å². The van der Waals surface area contributed by atoms with Crippen LogP contribution in [-0.2, 0) is 14.3 Å². The molecule has 1 atom stereocenters. The van der Waals surface area contributed by atoms with Gasteiger partial charge in [0.05, 0.1) is 20.1 Å². The third kappa shape index (κ3) is 4.19. The summed E-state index contributed by atoms with van der Waals surface area (Å²) in [7, 11) is 1.56. The van der Waals surface area contributed by atoms with Crippen molar-refractivity contribution in [3.8, 4) is 5.75 Å². The maximum atomic E-state index is 12.1. The SMILES string of the molecule is COc1cccc(NC(=O)C[C@@H]2OCCN(CCN)C2=O)c1. The molecule has 0 aromatic heterocycles. The van der Waals surface area contributed by atoms with Crippen LogP contribution in [0.25, 0.3) is 0 Å². The van der Waals surface area contributed by atoms with E-state index in [2.05, 4.69) is 5.32 Å². The molecule has 0 unspecified atom stereocenters. The number of rotatable bonds is 6. The van der Waals surface area contributed by atoms with Gasteiger partial charge >= 0.3 is 0 Å². The van der Waals surface area contributed by atoms with E-state index in [9.17, 15) is 9.59 Å².